The van der Waals surface area contributed by atoms with Gasteiger partial charge in [0.05, 0.1) is 19.8 Å². The topological polar surface area (TPSA) is 78.5 Å². The van der Waals surface area contributed by atoms with Crippen LogP contribution < -0.4 is 4.74 Å². The van der Waals surface area contributed by atoms with Gasteiger partial charge < -0.3 is 19.7 Å². The van der Waals surface area contributed by atoms with Gasteiger partial charge in [0.25, 0.3) is 0 Å². The lowest BCUT2D eigenvalue weighted by Gasteiger charge is -2.29. The minimum atomic E-state index is -0.321. The second kappa shape index (κ2) is 8.98. The Morgan fingerprint density at radius 3 is 2.91 bits per heavy atom. The number of pyridine rings is 1. The van der Waals surface area contributed by atoms with Gasteiger partial charge in [-0.2, -0.15) is 0 Å². The first-order valence-corrected chi connectivity index (χ1v) is 11.5. The third-order valence-corrected chi connectivity index (χ3v) is 6.96. The van der Waals surface area contributed by atoms with Crippen LogP contribution in [0.1, 0.15) is 37.8 Å². The molecule has 0 bridgehead atoms. The average molecular weight is 450 g/mol. The third kappa shape index (κ3) is 4.02. The molecule has 1 amide bonds. The summed E-state index contributed by atoms with van der Waals surface area (Å²) in [7, 11) is 1.58. The number of carbonyl (C=O) groups excluding carboxylic acids is 1. The van der Waals surface area contributed by atoms with Gasteiger partial charge in [0, 0.05) is 35.3 Å². The Balaban J connectivity index is 1.41. The number of hydrogen-bond acceptors (Lipinski definition) is 4. The van der Waals surface area contributed by atoms with Crippen molar-refractivity contribution in [3.8, 4) is 16.9 Å². The summed E-state index contributed by atoms with van der Waals surface area (Å²) in [4.78, 5) is 22.7. The standard InChI is InChI=1S/C26H28FN3O3/c1-33-24-9-8-18(27)13-21(24)20-10-11-28-25-22(20)14-23(29-25)16-4-6-17(7-5-16)26(32)30-12-2-3-19(30)15-31/h4,8-11,13-14,17,19,31H,2-3,5-7,12,15H2,1H3,(H,28,29)/t17?,19-/m0/s1. The predicted octanol–water partition coefficient (Wildman–Crippen LogP) is 4.54. The Kier molecular flexibility index (Phi) is 5.89. The van der Waals surface area contributed by atoms with E-state index in [1.54, 1.807) is 19.4 Å². The fraction of sp³-hybridized carbons (Fsp3) is 0.385. The molecule has 7 heteroatoms. The first-order valence-electron chi connectivity index (χ1n) is 11.5. The number of aromatic amines is 1. The number of carbonyl (C=O) groups is 1. The van der Waals surface area contributed by atoms with Crippen molar-refractivity contribution in [2.24, 2.45) is 5.92 Å². The molecule has 1 saturated heterocycles. The van der Waals surface area contributed by atoms with E-state index in [9.17, 15) is 14.3 Å². The number of likely N-dealkylation sites (tertiary alicyclic amines) is 1. The molecule has 1 aliphatic carbocycles. The second-order valence-corrected chi connectivity index (χ2v) is 8.86. The minimum Gasteiger partial charge on any atom is -0.496 e. The van der Waals surface area contributed by atoms with Crippen LogP contribution in [-0.4, -0.2) is 52.2 Å². The van der Waals surface area contributed by atoms with Crippen molar-refractivity contribution >= 4 is 22.5 Å². The number of hydrogen-bond donors (Lipinski definition) is 2. The Bertz CT molecular complexity index is 1220. The van der Waals surface area contributed by atoms with E-state index in [0.717, 1.165) is 60.1 Å². The Morgan fingerprint density at radius 1 is 1.27 bits per heavy atom. The molecular formula is C26H28FN3O3. The van der Waals surface area contributed by atoms with Crippen molar-refractivity contribution in [3.05, 3.63) is 54.1 Å². The van der Waals surface area contributed by atoms with Gasteiger partial charge in [-0.15, -0.1) is 0 Å². The van der Waals surface area contributed by atoms with Crippen LogP contribution in [0.3, 0.4) is 0 Å². The van der Waals surface area contributed by atoms with Crippen molar-refractivity contribution in [2.75, 3.05) is 20.3 Å². The molecule has 3 heterocycles. The molecule has 0 saturated carbocycles. The van der Waals surface area contributed by atoms with Crippen LogP contribution in [0.25, 0.3) is 27.7 Å². The highest BCUT2D eigenvalue weighted by Crippen LogP contribution is 2.38. The maximum Gasteiger partial charge on any atom is 0.226 e. The number of ether oxygens (including phenoxy) is 1. The van der Waals surface area contributed by atoms with Crippen LogP contribution in [0.15, 0.2) is 42.6 Å². The van der Waals surface area contributed by atoms with Crippen LogP contribution in [-0.2, 0) is 4.79 Å². The lowest BCUT2D eigenvalue weighted by Crippen LogP contribution is -2.41. The third-order valence-electron chi connectivity index (χ3n) is 6.96. The van der Waals surface area contributed by atoms with Gasteiger partial charge in [0.15, 0.2) is 0 Å². The van der Waals surface area contributed by atoms with Crippen LogP contribution in [0.4, 0.5) is 4.39 Å². The summed E-state index contributed by atoms with van der Waals surface area (Å²) >= 11 is 0. The lowest BCUT2D eigenvalue weighted by molar-refractivity contribution is -0.137. The molecule has 1 unspecified atom stereocenters. The first kappa shape index (κ1) is 21.6. The number of aromatic nitrogens is 2. The van der Waals surface area contributed by atoms with E-state index in [1.807, 2.05) is 11.0 Å². The molecule has 1 fully saturated rings. The Labute approximate surface area is 192 Å². The van der Waals surface area contributed by atoms with Crippen LogP contribution in [0.2, 0.25) is 0 Å². The van der Waals surface area contributed by atoms with Crippen molar-refractivity contribution in [3.63, 3.8) is 0 Å². The number of rotatable bonds is 5. The number of aliphatic hydroxyl groups is 1. The molecule has 2 aromatic heterocycles. The summed E-state index contributed by atoms with van der Waals surface area (Å²) in [6, 6.07) is 8.40. The van der Waals surface area contributed by atoms with Gasteiger partial charge in [0.2, 0.25) is 5.91 Å². The zero-order chi connectivity index (χ0) is 22.9. The van der Waals surface area contributed by atoms with Gasteiger partial charge >= 0.3 is 0 Å². The summed E-state index contributed by atoms with van der Waals surface area (Å²) in [5.74, 6) is 0.419. The zero-order valence-corrected chi connectivity index (χ0v) is 18.7. The molecule has 2 N–H and O–H groups in total. The molecular weight excluding hydrogens is 421 g/mol. The summed E-state index contributed by atoms with van der Waals surface area (Å²) < 4.78 is 19.5. The smallest absolute Gasteiger partial charge is 0.226 e. The fourth-order valence-corrected chi connectivity index (χ4v) is 5.18. The number of halogens is 1. The van der Waals surface area contributed by atoms with E-state index in [2.05, 4.69) is 22.1 Å². The normalized spacial score (nSPS) is 20.8. The lowest BCUT2D eigenvalue weighted by atomic mass is 9.87. The van der Waals surface area contributed by atoms with E-state index in [0.29, 0.717) is 17.7 Å². The minimum absolute atomic E-state index is 0.0270. The number of benzene rings is 1. The summed E-state index contributed by atoms with van der Waals surface area (Å²) in [6.45, 7) is 0.789. The van der Waals surface area contributed by atoms with E-state index in [-0.39, 0.29) is 30.3 Å². The highest BCUT2D eigenvalue weighted by Gasteiger charge is 2.33. The van der Waals surface area contributed by atoms with E-state index >= 15 is 0 Å². The van der Waals surface area contributed by atoms with Gasteiger partial charge in [-0.1, -0.05) is 6.08 Å². The van der Waals surface area contributed by atoms with Crippen molar-refractivity contribution < 1.29 is 19.0 Å². The van der Waals surface area contributed by atoms with Gasteiger partial charge in [-0.05, 0) is 73.6 Å². The molecule has 172 valence electrons. The van der Waals surface area contributed by atoms with E-state index in [1.165, 1.54) is 12.1 Å². The number of nitrogens with zero attached hydrogens (tertiary/aromatic N) is 2. The molecule has 2 aliphatic rings. The number of fused-ring (bicyclic) bond motifs is 1. The number of H-pyrrole nitrogens is 1. The van der Waals surface area contributed by atoms with Crippen molar-refractivity contribution in [2.45, 2.75) is 38.1 Å². The maximum atomic E-state index is 14.0. The Morgan fingerprint density at radius 2 is 2.15 bits per heavy atom. The molecule has 0 spiro atoms. The first-order chi connectivity index (χ1) is 16.1. The number of methoxy groups -OCH3 is 1. The monoisotopic (exact) mass is 449 g/mol. The van der Waals surface area contributed by atoms with E-state index < -0.39 is 0 Å². The molecule has 5 rings (SSSR count). The second-order valence-electron chi connectivity index (χ2n) is 8.86. The summed E-state index contributed by atoms with van der Waals surface area (Å²) in [5.41, 5.74) is 4.40. The van der Waals surface area contributed by atoms with Gasteiger partial charge in [-0.3, -0.25) is 4.79 Å². The summed E-state index contributed by atoms with van der Waals surface area (Å²) in [5, 5.41) is 10.5. The Hall–Kier alpha value is -3.19. The molecule has 1 aliphatic heterocycles. The number of allylic oxidation sites excluding steroid dienone is 2. The molecule has 6 nitrogen and oxygen atoms in total. The van der Waals surface area contributed by atoms with Crippen LogP contribution in [0.5, 0.6) is 5.75 Å². The molecule has 3 aromatic rings. The largest absolute Gasteiger partial charge is 0.496 e. The maximum absolute atomic E-state index is 14.0. The van der Waals surface area contributed by atoms with E-state index in [4.69, 9.17) is 4.74 Å². The number of aliphatic hydroxyl groups excluding tert-OH is 1. The predicted molar refractivity (Wildman–Crippen MR) is 125 cm³/mol. The molecule has 33 heavy (non-hydrogen) atoms. The summed E-state index contributed by atoms with van der Waals surface area (Å²) in [6.07, 6.45) is 7.97. The van der Waals surface area contributed by atoms with Gasteiger partial charge in [0.1, 0.15) is 17.2 Å². The SMILES string of the molecule is COc1ccc(F)cc1-c1ccnc2[nH]c(C3=CCC(C(=O)N4CCC[C@H]4CO)CC3)cc12. The van der Waals surface area contributed by atoms with Crippen LogP contribution in [0, 0.1) is 11.7 Å². The highest BCUT2D eigenvalue weighted by atomic mass is 19.1. The quantitative estimate of drug-likeness (QED) is 0.599. The average Bonchev–Trinajstić information content (AvgIpc) is 3.50. The fourth-order valence-electron chi connectivity index (χ4n) is 5.18. The van der Waals surface area contributed by atoms with Crippen LogP contribution >= 0.6 is 0 Å². The molecule has 2 atom stereocenters. The molecule has 1 aromatic carbocycles. The highest BCUT2D eigenvalue weighted by molar-refractivity contribution is 5.96. The van der Waals surface area contributed by atoms with Crippen molar-refractivity contribution in [1.29, 1.82) is 0 Å². The van der Waals surface area contributed by atoms with Gasteiger partial charge in [-0.25, -0.2) is 9.37 Å². The molecule has 0 radical (unpaired) electrons. The number of nitrogens with one attached hydrogen (secondary N) is 1. The zero-order valence-electron chi connectivity index (χ0n) is 18.7. The number of amides is 1. The van der Waals surface area contributed by atoms with Crippen molar-refractivity contribution in [1.82, 2.24) is 14.9 Å².